The number of aliphatic carboxylic acids is 1. The first-order valence-corrected chi connectivity index (χ1v) is 5.91. The number of hydrogen-bond acceptors (Lipinski definition) is 2. The average molecular weight is 229 g/mol. The Morgan fingerprint density at radius 3 is 2.12 bits per heavy atom. The van der Waals surface area contributed by atoms with Crippen molar-refractivity contribution in [3.63, 3.8) is 0 Å². The standard InChI is InChI=1S/C12H23NO3/c1-5-7-8-9-10(14)13(6-2)12(3,4)11(15)16/h5-9H2,1-4H3,(H,15,16). The van der Waals surface area contributed by atoms with E-state index in [9.17, 15) is 9.59 Å². The van der Waals surface area contributed by atoms with Gasteiger partial charge in [-0.25, -0.2) is 4.79 Å². The minimum absolute atomic E-state index is 0.0663. The first kappa shape index (κ1) is 14.9. The van der Waals surface area contributed by atoms with Gasteiger partial charge in [0.05, 0.1) is 0 Å². The van der Waals surface area contributed by atoms with Gasteiger partial charge in [0.25, 0.3) is 0 Å². The van der Waals surface area contributed by atoms with Crippen LogP contribution in [0.25, 0.3) is 0 Å². The van der Waals surface area contributed by atoms with E-state index in [1.54, 1.807) is 13.8 Å². The number of carbonyl (C=O) groups is 2. The third kappa shape index (κ3) is 3.83. The Kier molecular flexibility index (Phi) is 6.08. The van der Waals surface area contributed by atoms with Crippen LogP contribution in [0.15, 0.2) is 0 Å². The number of likely N-dealkylation sites (N-methyl/N-ethyl adjacent to an activating group) is 1. The van der Waals surface area contributed by atoms with Crippen LogP contribution in [-0.2, 0) is 9.59 Å². The summed E-state index contributed by atoms with van der Waals surface area (Å²) >= 11 is 0. The van der Waals surface area contributed by atoms with E-state index in [4.69, 9.17) is 5.11 Å². The zero-order valence-electron chi connectivity index (χ0n) is 10.7. The molecular weight excluding hydrogens is 206 g/mol. The van der Waals surface area contributed by atoms with E-state index < -0.39 is 11.5 Å². The highest BCUT2D eigenvalue weighted by molar-refractivity contribution is 5.86. The lowest BCUT2D eigenvalue weighted by molar-refractivity contribution is -0.156. The third-order valence-corrected chi connectivity index (χ3v) is 2.81. The molecule has 0 aromatic rings. The van der Waals surface area contributed by atoms with E-state index in [2.05, 4.69) is 6.92 Å². The van der Waals surface area contributed by atoms with Gasteiger partial charge in [0.1, 0.15) is 5.54 Å². The Hall–Kier alpha value is -1.06. The quantitative estimate of drug-likeness (QED) is 0.681. The Morgan fingerprint density at radius 2 is 1.75 bits per heavy atom. The van der Waals surface area contributed by atoms with Gasteiger partial charge in [0.15, 0.2) is 0 Å². The van der Waals surface area contributed by atoms with Crippen LogP contribution in [0.3, 0.4) is 0 Å². The molecule has 4 nitrogen and oxygen atoms in total. The van der Waals surface area contributed by atoms with Gasteiger partial charge in [-0.15, -0.1) is 0 Å². The van der Waals surface area contributed by atoms with Crippen LogP contribution in [0.5, 0.6) is 0 Å². The number of unbranched alkanes of at least 4 members (excludes halogenated alkanes) is 2. The first-order valence-electron chi connectivity index (χ1n) is 5.91. The Balaban J connectivity index is 4.48. The molecule has 0 aromatic heterocycles. The fraction of sp³-hybridized carbons (Fsp3) is 0.833. The van der Waals surface area contributed by atoms with Crippen molar-refractivity contribution in [2.24, 2.45) is 0 Å². The summed E-state index contributed by atoms with van der Waals surface area (Å²) < 4.78 is 0. The molecule has 4 heteroatoms. The molecular formula is C12H23NO3. The fourth-order valence-electron chi connectivity index (χ4n) is 1.66. The molecule has 0 spiro atoms. The van der Waals surface area contributed by atoms with Crippen LogP contribution < -0.4 is 0 Å². The molecule has 0 atom stereocenters. The second-order valence-electron chi connectivity index (χ2n) is 4.46. The highest BCUT2D eigenvalue weighted by Gasteiger charge is 2.36. The Labute approximate surface area is 97.6 Å². The molecule has 1 N–H and O–H groups in total. The number of nitrogens with zero attached hydrogens (tertiary/aromatic N) is 1. The maximum Gasteiger partial charge on any atom is 0.329 e. The van der Waals surface area contributed by atoms with Crippen LogP contribution in [0.2, 0.25) is 0 Å². The Morgan fingerprint density at radius 1 is 1.19 bits per heavy atom. The number of amides is 1. The van der Waals surface area contributed by atoms with Crippen molar-refractivity contribution in [3.05, 3.63) is 0 Å². The summed E-state index contributed by atoms with van der Waals surface area (Å²) in [6.07, 6.45) is 3.35. The molecule has 0 fully saturated rings. The van der Waals surface area contributed by atoms with Crippen LogP contribution in [-0.4, -0.2) is 34.0 Å². The summed E-state index contributed by atoms with van der Waals surface area (Å²) in [7, 11) is 0. The summed E-state index contributed by atoms with van der Waals surface area (Å²) in [6.45, 7) is 7.45. The van der Waals surface area contributed by atoms with Gasteiger partial charge in [-0.05, 0) is 27.2 Å². The van der Waals surface area contributed by atoms with Crippen molar-refractivity contribution >= 4 is 11.9 Å². The minimum atomic E-state index is -1.11. The van der Waals surface area contributed by atoms with E-state index in [1.807, 2.05) is 6.92 Å². The largest absolute Gasteiger partial charge is 0.480 e. The van der Waals surface area contributed by atoms with Crippen molar-refractivity contribution in [2.45, 2.75) is 58.9 Å². The molecule has 0 rings (SSSR count). The highest BCUT2D eigenvalue weighted by atomic mass is 16.4. The monoisotopic (exact) mass is 229 g/mol. The predicted molar refractivity (Wildman–Crippen MR) is 63.2 cm³/mol. The van der Waals surface area contributed by atoms with Gasteiger partial charge in [-0.3, -0.25) is 4.79 Å². The molecule has 0 aliphatic rings. The molecule has 0 saturated carbocycles. The predicted octanol–water partition coefficient (Wildman–Crippen LogP) is 2.28. The molecule has 0 bridgehead atoms. The molecule has 1 amide bonds. The Bertz CT molecular complexity index is 249. The van der Waals surface area contributed by atoms with Crippen molar-refractivity contribution in [1.29, 1.82) is 0 Å². The van der Waals surface area contributed by atoms with Gasteiger partial charge in [-0.2, -0.15) is 0 Å². The number of rotatable bonds is 7. The summed E-state index contributed by atoms with van der Waals surface area (Å²) in [6, 6.07) is 0. The van der Waals surface area contributed by atoms with Gasteiger partial charge in [0.2, 0.25) is 5.91 Å². The van der Waals surface area contributed by atoms with Crippen LogP contribution >= 0.6 is 0 Å². The molecule has 0 saturated heterocycles. The molecule has 0 unspecified atom stereocenters. The van der Waals surface area contributed by atoms with E-state index in [0.29, 0.717) is 13.0 Å². The zero-order valence-corrected chi connectivity index (χ0v) is 10.7. The third-order valence-electron chi connectivity index (χ3n) is 2.81. The van der Waals surface area contributed by atoms with E-state index in [0.717, 1.165) is 19.3 Å². The number of hydrogen-bond donors (Lipinski definition) is 1. The molecule has 0 radical (unpaired) electrons. The fourth-order valence-corrected chi connectivity index (χ4v) is 1.66. The normalized spacial score (nSPS) is 11.2. The van der Waals surface area contributed by atoms with Gasteiger partial charge >= 0.3 is 5.97 Å². The first-order chi connectivity index (χ1) is 7.37. The SMILES string of the molecule is CCCCCC(=O)N(CC)C(C)(C)C(=O)O. The van der Waals surface area contributed by atoms with Gasteiger partial charge in [-0.1, -0.05) is 19.8 Å². The molecule has 0 aromatic carbocycles. The van der Waals surface area contributed by atoms with Crippen molar-refractivity contribution in [3.8, 4) is 0 Å². The van der Waals surface area contributed by atoms with E-state index >= 15 is 0 Å². The van der Waals surface area contributed by atoms with Crippen molar-refractivity contribution < 1.29 is 14.7 Å². The van der Waals surface area contributed by atoms with Gasteiger partial charge < -0.3 is 10.0 Å². The highest BCUT2D eigenvalue weighted by Crippen LogP contribution is 2.17. The van der Waals surface area contributed by atoms with E-state index in [1.165, 1.54) is 4.90 Å². The van der Waals surface area contributed by atoms with Gasteiger partial charge in [0, 0.05) is 13.0 Å². The molecule has 0 aliphatic heterocycles. The smallest absolute Gasteiger partial charge is 0.329 e. The second-order valence-corrected chi connectivity index (χ2v) is 4.46. The lowest BCUT2D eigenvalue weighted by atomic mass is 10.0. The summed E-state index contributed by atoms with van der Waals surface area (Å²) in [5, 5.41) is 9.07. The topological polar surface area (TPSA) is 57.6 Å². The average Bonchev–Trinajstić information content (AvgIpc) is 2.18. The van der Waals surface area contributed by atoms with Crippen LogP contribution in [0.4, 0.5) is 0 Å². The van der Waals surface area contributed by atoms with Crippen LogP contribution in [0, 0.1) is 0 Å². The zero-order chi connectivity index (χ0) is 12.8. The maximum atomic E-state index is 11.9. The lowest BCUT2D eigenvalue weighted by Gasteiger charge is -2.34. The molecule has 94 valence electrons. The summed E-state index contributed by atoms with van der Waals surface area (Å²) in [4.78, 5) is 24.4. The van der Waals surface area contributed by atoms with Crippen LogP contribution in [0.1, 0.15) is 53.4 Å². The maximum absolute atomic E-state index is 11.9. The molecule has 16 heavy (non-hydrogen) atoms. The number of carboxylic acid groups (broad SMARTS) is 1. The van der Waals surface area contributed by atoms with E-state index in [-0.39, 0.29) is 5.91 Å². The summed E-state index contributed by atoms with van der Waals surface area (Å²) in [5.41, 5.74) is -1.11. The van der Waals surface area contributed by atoms with Crippen molar-refractivity contribution in [2.75, 3.05) is 6.54 Å². The van der Waals surface area contributed by atoms with Crippen molar-refractivity contribution in [1.82, 2.24) is 4.90 Å². The summed E-state index contributed by atoms with van der Waals surface area (Å²) in [5.74, 6) is -1.03. The second kappa shape index (κ2) is 6.51. The number of carboxylic acids is 1. The number of carbonyl (C=O) groups excluding carboxylic acids is 1. The lowest BCUT2D eigenvalue weighted by Crippen LogP contribution is -2.52. The molecule has 0 aliphatic carbocycles. The molecule has 0 heterocycles. The minimum Gasteiger partial charge on any atom is -0.480 e.